The summed E-state index contributed by atoms with van der Waals surface area (Å²) in [6, 6.07) is 5.20. The predicted octanol–water partition coefficient (Wildman–Crippen LogP) is 1.98. The zero-order valence-electron chi connectivity index (χ0n) is 8.71. The summed E-state index contributed by atoms with van der Waals surface area (Å²) in [5.74, 6) is -0.851. The van der Waals surface area contributed by atoms with E-state index in [-0.39, 0.29) is 5.75 Å². The first-order valence-electron chi connectivity index (χ1n) is 4.77. The van der Waals surface area contributed by atoms with Gasteiger partial charge in [-0.1, -0.05) is 6.07 Å². The summed E-state index contributed by atoms with van der Waals surface area (Å²) in [5, 5.41) is 19.0. The molecule has 0 radical (unpaired) electrons. The number of phenols is 1. The molecule has 1 aromatic heterocycles. The van der Waals surface area contributed by atoms with Crippen LogP contribution >= 0.6 is 0 Å². The Labute approximate surface area is 92.1 Å². The van der Waals surface area contributed by atoms with Crippen molar-refractivity contribution in [1.29, 1.82) is 0 Å². The van der Waals surface area contributed by atoms with E-state index in [1.807, 2.05) is 17.7 Å². The van der Waals surface area contributed by atoms with Crippen LogP contribution in [0.4, 0.5) is 0 Å². The standard InChI is InChI=1S/C12H11NO3/c1-13-7-8(5-6-11(15)16)12-9(13)3-2-4-10(12)14/h2-7,14H,1H3,(H,15,16)/b6-5-. The number of phenolic OH excluding ortho intramolecular Hbond substituents is 1. The zero-order valence-corrected chi connectivity index (χ0v) is 8.71. The number of carboxylic acids is 1. The Morgan fingerprint density at radius 1 is 1.44 bits per heavy atom. The number of aryl methyl sites for hydroxylation is 1. The molecule has 4 heteroatoms. The van der Waals surface area contributed by atoms with Gasteiger partial charge in [-0.05, 0) is 18.2 Å². The smallest absolute Gasteiger partial charge is 0.328 e. The van der Waals surface area contributed by atoms with Gasteiger partial charge in [-0.2, -0.15) is 0 Å². The lowest BCUT2D eigenvalue weighted by Crippen LogP contribution is -1.85. The van der Waals surface area contributed by atoms with Gasteiger partial charge in [0, 0.05) is 30.3 Å². The summed E-state index contributed by atoms with van der Waals surface area (Å²) in [7, 11) is 1.85. The van der Waals surface area contributed by atoms with Gasteiger partial charge in [0.05, 0.1) is 5.52 Å². The van der Waals surface area contributed by atoms with Crippen LogP contribution in [0.3, 0.4) is 0 Å². The van der Waals surface area contributed by atoms with Crippen molar-refractivity contribution in [1.82, 2.24) is 4.57 Å². The highest BCUT2D eigenvalue weighted by Crippen LogP contribution is 2.29. The molecule has 0 saturated carbocycles. The number of aliphatic carboxylic acids is 1. The fourth-order valence-corrected chi connectivity index (χ4v) is 1.75. The Morgan fingerprint density at radius 3 is 2.88 bits per heavy atom. The summed E-state index contributed by atoms with van der Waals surface area (Å²) < 4.78 is 1.84. The summed E-state index contributed by atoms with van der Waals surface area (Å²) >= 11 is 0. The highest BCUT2D eigenvalue weighted by Gasteiger charge is 2.08. The second kappa shape index (κ2) is 3.73. The monoisotopic (exact) mass is 217 g/mol. The first-order valence-corrected chi connectivity index (χ1v) is 4.77. The molecule has 2 aromatic rings. The average Bonchev–Trinajstić information content (AvgIpc) is 2.55. The van der Waals surface area contributed by atoms with Crippen LogP contribution < -0.4 is 0 Å². The number of aromatic hydroxyl groups is 1. The predicted molar refractivity (Wildman–Crippen MR) is 61.3 cm³/mol. The highest BCUT2D eigenvalue weighted by atomic mass is 16.4. The number of nitrogens with zero attached hydrogens (tertiary/aromatic N) is 1. The molecule has 2 rings (SSSR count). The molecule has 0 atom stereocenters. The van der Waals surface area contributed by atoms with Crippen LogP contribution in [0.2, 0.25) is 0 Å². The first kappa shape index (κ1) is 10.3. The van der Waals surface area contributed by atoms with E-state index in [4.69, 9.17) is 5.11 Å². The van der Waals surface area contributed by atoms with Gasteiger partial charge < -0.3 is 14.8 Å². The minimum atomic E-state index is -1.01. The lowest BCUT2D eigenvalue weighted by molar-refractivity contribution is -0.131. The molecule has 4 nitrogen and oxygen atoms in total. The van der Waals surface area contributed by atoms with Crippen LogP contribution in [0.1, 0.15) is 5.56 Å². The molecule has 0 aliphatic heterocycles. The molecule has 16 heavy (non-hydrogen) atoms. The summed E-state index contributed by atoms with van der Waals surface area (Å²) in [6.07, 6.45) is 4.31. The van der Waals surface area contributed by atoms with E-state index in [1.165, 1.54) is 6.08 Å². The Kier molecular flexibility index (Phi) is 2.40. The molecule has 2 N–H and O–H groups in total. The first-order chi connectivity index (χ1) is 7.59. The minimum Gasteiger partial charge on any atom is -0.507 e. The van der Waals surface area contributed by atoms with Crippen molar-refractivity contribution in [2.45, 2.75) is 0 Å². The zero-order chi connectivity index (χ0) is 11.7. The molecule has 1 aromatic carbocycles. The van der Waals surface area contributed by atoms with Gasteiger partial charge in [0.2, 0.25) is 0 Å². The molecule has 0 saturated heterocycles. The number of benzene rings is 1. The average molecular weight is 217 g/mol. The lowest BCUT2D eigenvalue weighted by Gasteiger charge is -1.97. The lowest BCUT2D eigenvalue weighted by atomic mass is 10.1. The Hall–Kier alpha value is -2.23. The van der Waals surface area contributed by atoms with Crippen LogP contribution in [0, 0.1) is 0 Å². The number of hydrogen-bond acceptors (Lipinski definition) is 2. The number of hydrogen-bond donors (Lipinski definition) is 2. The van der Waals surface area contributed by atoms with Gasteiger partial charge in [-0.3, -0.25) is 0 Å². The quantitative estimate of drug-likeness (QED) is 0.756. The normalized spacial score (nSPS) is 11.3. The molecule has 0 spiro atoms. The molecule has 0 aliphatic rings. The third kappa shape index (κ3) is 1.65. The maximum Gasteiger partial charge on any atom is 0.328 e. The summed E-state index contributed by atoms with van der Waals surface area (Å²) in [4.78, 5) is 10.4. The molecule has 0 fully saturated rings. The molecule has 0 aliphatic carbocycles. The van der Waals surface area contributed by atoms with Crippen LogP contribution in [-0.2, 0) is 11.8 Å². The van der Waals surface area contributed by atoms with Crippen LogP contribution in [0.5, 0.6) is 5.75 Å². The number of fused-ring (bicyclic) bond motifs is 1. The van der Waals surface area contributed by atoms with Crippen LogP contribution in [0.25, 0.3) is 17.0 Å². The Morgan fingerprint density at radius 2 is 2.19 bits per heavy atom. The van der Waals surface area contributed by atoms with Gasteiger partial charge in [-0.25, -0.2) is 4.79 Å². The number of carbonyl (C=O) groups is 1. The van der Waals surface area contributed by atoms with Gasteiger partial charge >= 0.3 is 5.97 Å². The molecule has 0 amide bonds. The maximum absolute atomic E-state index is 10.4. The van der Waals surface area contributed by atoms with Gasteiger partial charge in [-0.15, -0.1) is 0 Å². The maximum atomic E-state index is 10.4. The van der Waals surface area contributed by atoms with Crippen molar-refractivity contribution in [3.05, 3.63) is 36.0 Å². The van der Waals surface area contributed by atoms with Crippen molar-refractivity contribution in [3.63, 3.8) is 0 Å². The van der Waals surface area contributed by atoms with E-state index in [9.17, 15) is 9.90 Å². The van der Waals surface area contributed by atoms with E-state index in [1.54, 1.807) is 18.3 Å². The minimum absolute atomic E-state index is 0.156. The molecular formula is C12H11NO3. The number of aromatic nitrogens is 1. The van der Waals surface area contributed by atoms with E-state index < -0.39 is 5.97 Å². The summed E-state index contributed by atoms with van der Waals surface area (Å²) in [5.41, 5.74) is 1.56. The van der Waals surface area contributed by atoms with Gasteiger partial charge in [0.1, 0.15) is 5.75 Å². The number of carboxylic acid groups (broad SMARTS) is 1. The fraction of sp³-hybridized carbons (Fsp3) is 0.0833. The van der Waals surface area contributed by atoms with Crippen molar-refractivity contribution in [2.75, 3.05) is 0 Å². The second-order valence-corrected chi connectivity index (χ2v) is 3.54. The van der Waals surface area contributed by atoms with E-state index in [0.717, 1.165) is 11.6 Å². The Balaban J connectivity index is 2.66. The molecule has 1 heterocycles. The summed E-state index contributed by atoms with van der Waals surface area (Å²) in [6.45, 7) is 0. The number of rotatable bonds is 2. The van der Waals surface area contributed by atoms with E-state index >= 15 is 0 Å². The van der Waals surface area contributed by atoms with Gasteiger partial charge in [0.15, 0.2) is 0 Å². The third-order valence-electron chi connectivity index (χ3n) is 2.43. The SMILES string of the molecule is Cn1cc(/C=C\C(=O)O)c2c(O)cccc21. The van der Waals surface area contributed by atoms with Crippen molar-refractivity contribution in [3.8, 4) is 5.75 Å². The van der Waals surface area contributed by atoms with Crippen molar-refractivity contribution < 1.29 is 15.0 Å². The molecule has 82 valence electrons. The second-order valence-electron chi connectivity index (χ2n) is 3.54. The third-order valence-corrected chi connectivity index (χ3v) is 2.43. The van der Waals surface area contributed by atoms with Crippen molar-refractivity contribution >= 4 is 22.9 Å². The Bertz CT molecular complexity index is 581. The van der Waals surface area contributed by atoms with E-state index in [2.05, 4.69) is 0 Å². The fourth-order valence-electron chi connectivity index (χ4n) is 1.75. The van der Waals surface area contributed by atoms with Crippen LogP contribution in [-0.4, -0.2) is 20.7 Å². The molecule has 0 bridgehead atoms. The van der Waals surface area contributed by atoms with E-state index in [0.29, 0.717) is 10.9 Å². The van der Waals surface area contributed by atoms with Crippen LogP contribution in [0.15, 0.2) is 30.5 Å². The molecular weight excluding hydrogens is 206 g/mol. The topological polar surface area (TPSA) is 62.5 Å². The molecule has 0 unspecified atom stereocenters. The largest absolute Gasteiger partial charge is 0.507 e. The van der Waals surface area contributed by atoms with Gasteiger partial charge in [0.25, 0.3) is 0 Å². The highest BCUT2D eigenvalue weighted by molar-refractivity contribution is 5.97. The van der Waals surface area contributed by atoms with Crippen molar-refractivity contribution in [2.24, 2.45) is 7.05 Å².